The van der Waals surface area contributed by atoms with Crippen molar-refractivity contribution in [3.05, 3.63) is 42.6 Å². The van der Waals surface area contributed by atoms with Gasteiger partial charge >= 0.3 is 0 Å². The number of fused-ring (bicyclic) bond motifs is 1. The monoisotopic (exact) mass is 323 g/mol. The molecule has 0 saturated heterocycles. The van der Waals surface area contributed by atoms with E-state index in [0.29, 0.717) is 5.95 Å². The summed E-state index contributed by atoms with van der Waals surface area (Å²) in [6, 6.07) is 12.2. The van der Waals surface area contributed by atoms with Crippen molar-refractivity contribution in [3.8, 4) is 22.6 Å². The molecule has 1 heterocycles. The van der Waals surface area contributed by atoms with E-state index in [1.807, 2.05) is 42.6 Å². The summed E-state index contributed by atoms with van der Waals surface area (Å²) >= 11 is 0. The van der Waals surface area contributed by atoms with Crippen molar-refractivity contribution in [2.24, 2.45) is 0 Å². The molecule has 1 N–H and O–H groups in total. The maximum Gasteiger partial charge on any atom is 0.223 e. The van der Waals surface area contributed by atoms with Crippen LogP contribution in [0.1, 0.15) is 13.8 Å². The fourth-order valence-corrected chi connectivity index (χ4v) is 2.57. The molecule has 5 nitrogen and oxygen atoms in total. The van der Waals surface area contributed by atoms with Gasteiger partial charge in [0.15, 0.2) is 0 Å². The van der Waals surface area contributed by atoms with Gasteiger partial charge in [0, 0.05) is 29.3 Å². The molecular weight excluding hydrogens is 302 g/mol. The van der Waals surface area contributed by atoms with E-state index in [-0.39, 0.29) is 6.04 Å². The van der Waals surface area contributed by atoms with Gasteiger partial charge in [-0.1, -0.05) is 12.1 Å². The Bertz CT molecular complexity index is 862. The predicted octanol–water partition coefficient (Wildman–Crippen LogP) is 4.13. The molecule has 0 aliphatic heterocycles. The lowest BCUT2D eigenvalue weighted by atomic mass is 10.0. The van der Waals surface area contributed by atoms with E-state index in [1.165, 1.54) is 0 Å². The van der Waals surface area contributed by atoms with Gasteiger partial charge in [-0.25, -0.2) is 9.97 Å². The molecule has 5 heteroatoms. The first-order chi connectivity index (χ1) is 11.6. The number of hydrogen-bond donors (Lipinski definition) is 1. The van der Waals surface area contributed by atoms with E-state index in [1.54, 1.807) is 14.2 Å². The number of hydrogen-bond acceptors (Lipinski definition) is 5. The molecule has 3 rings (SSSR count). The summed E-state index contributed by atoms with van der Waals surface area (Å²) in [7, 11) is 3.33. The minimum absolute atomic E-state index is 0.278. The summed E-state index contributed by atoms with van der Waals surface area (Å²) in [5.41, 5.74) is 2.85. The number of nitrogens with one attached hydrogen (secondary N) is 1. The topological polar surface area (TPSA) is 56.3 Å². The Morgan fingerprint density at radius 3 is 2.58 bits per heavy atom. The second kappa shape index (κ2) is 6.74. The van der Waals surface area contributed by atoms with Gasteiger partial charge in [0.2, 0.25) is 5.95 Å². The zero-order chi connectivity index (χ0) is 17.1. The number of benzene rings is 2. The lowest BCUT2D eigenvalue weighted by Gasteiger charge is -2.13. The molecule has 2 aromatic carbocycles. The molecule has 0 bridgehead atoms. The predicted molar refractivity (Wildman–Crippen MR) is 96.8 cm³/mol. The first kappa shape index (κ1) is 16.1. The van der Waals surface area contributed by atoms with Gasteiger partial charge in [0.25, 0.3) is 0 Å². The van der Waals surface area contributed by atoms with E-state index in [9.17, 15) is 0 Å². The fraction of sp³-hybridized carbons (Fsp3) is 0.263. The molecule has 24 heavy (non-hydrogen) atoms. The highest BCUT2D eigenvalue weighted by atomic mass is 16.5. The zero-order valence-corrected chi connectivity index (χ0v) is 14.3. The molecule has 0 aliphatic carbocycles. The maximum absolute atomic E-state index is 5.58. The standard InChI is InChI=1S/C19H21N3O2/c1-12(2)21-19-20-11-14-9-16(18(24-4)10-17(14)22-19)13-6-5-7-15(8-13)23-3/h5-12H,1-4H3,(H,20,21,22). The molecule has 0 fully saturated rings. The van der Waals surface area contributed by atoms with Gasteiger partial charge in [0.1, 0.15) is 11.5 Å². The Kier molecular flexibility index (Phi) is 4.51. The molecule has 0 unspecified atom stereocenters. The van der Waals surface area contributed by atoms with Gasteiger partial charge in [-0.05, 0) is 37.6 Å². The van der Waals surface area contributed by atoms with Crippen molar-refractivity contribution in [2.45, 2.75) is 19.9 Å². The van der Waals surface area contributed by atoms with Gasteiger partial charge in [0.05, 0.1) is 19.7 Å². The molecule has 0 radical (unpaired) electrons. The van der Waals surface area contributed by atoms with Gasteiger partial charge in [-0.3, -0.25) is 0 Å². The van der Waals surface area contributed by atoms with Crippen molar-refractivity contribution >= 4 is 16.9 Å². The summed E-state index contributed by atoms with van der Waals surface area (Å²) in [6.45, 7) is 4.11. The smallest absolute Gasteiger partial charge is 0.223 e. The van der Waals surface area contributed by atoms with Crippen molar-refractivity contribution in [2.75, 3.05) is 19.5 Å². The number of rotatable bonds is 5. The number of anilines is 1. The van der Waals surface area contributed by atoms with Crippen LogP contribution in [0.2, 0.25) is 0 Å². The quantitative estimate of drug-likeness (QED) is 0.765. The van der Waals surface area contributed by atoms with Crippen LogP contribution in [-0.2, 0) is 0 Å². The van der Waals surface area contributed by atoms with Crippen LogP contribution in [0.15, 0.2) is 42.6 Å². The molecule has 1 aromatic heterocycles. The van der Waals surface area contributed by atoms with Gasteiger partial charge in [-0.15, -0.1) is 0 Å². The van der Waals surface area contributed by atoms with Crippen molar-refractivity contribution in [1.29, 1.82) is 0 Å². The van der Waals surface area contributed by atoms with Crippen LogP contribution >= 0.6 is 0 Å². The number of methoxy groups -OCH3 is 2. The van der Waals surface area contributed by atoms with Crippen molar-refractivity contribution in [1.82, 2.24) is 9.97 Å². The second-order valence-corrected chi connectivity index (χ2v) is 5.84. The summed E-state index contributed by atoms with van der Waals surface area (Å²) in [5, 5.41) is 4.18. The van der Waals surface area contributed by atoms with E-state index in [2.05, 4.69) is 29.1 Å². The largest absolute Gasteiger partial charge is 0.497 e. The van der Waals surface area contributed by atoms with Crippen LogP contribution in [0, 0.1) is 0 Å². The summed E-state index contributed by atoms with van der Waals surface area (Å²) < 4.78 is 10.9. The molecule has 3 aromatic rings. The zero-order valence-electron chi connectivity index (χ0n) is 14.3. The summed E-state index contributed by atoms with van der Waals surface area (Å²) in [4.78, 5) is 8.95. The average Bonchev–Trinajstić information content (AvgIpc) is 2.60. The third-order valence-electron chi connectivity index (χ3n) is 3.70. The third kappa shape index (κ3) is 3.25. The highest BCUT2D eigenvalue weighted by Crippen LogP contribution is 2.35. The first-order valence-corrected chi connectivity index (χ1v) is 7.86. The van der Waals surface area contributed by atoms with Crippen LogP contribution in [-0.4, -0.2) is 30.2 Å². The van der Waals surface area contributed by atoms with Gasteiger partial charge < -0.3 is 14.8 Å². The Labute approximate surface area is 141 Å². The summed E-state index contributed by atoms with van der Waals surface area (Å²) in [6.07, 6.45) is 1.83. The Hall–Kier alpha value is -2.82. The molecule has 0 aliphatic rings. The van der Waals surface area contributed by atoms with Crippen molar-refractivity contribution < 1.29 is 9.47 Å². The molecule has 0 spiro atoms. The Balaban J connectivity index is 2.11. The minimum Gasteiger partial charge on any atom is -0.497 e. The summed E-state index contributed by atoms with van der Waals surface area (Å²) in [5.74, 6) is 2.20. The van der Waals surface area contributed by atoms with E-state index >= 15 is 0 Å². The van der Waals surface area contributed by atoms with Crippen molar-refractivity contribution in [3.63, 3.8) is 0 Å². The molecular formula is C19H21N3O2. The highest BCUT2D eigenvalue weighted by molar-refractivity contribution is 5.88. The number of ether oxygens (including phenoxy) is 2. The van der Waals surface area contributed by atoms with Crippen LogP contribution in [0.25, 0.3) is 22.0 Å². The lowest BCUT2D eigenvalue weighted by Crippen LogP contribution is -2.12. The number of aromatic nitrogens is 2. The Morgan fingerprint density at radius 1 is 1.04 bits per heavy atom. The average molecular weight is 323 g/mol. The molecule has 0 saturated carbocycles. The normalized spacial score (nSPS) is 10.9. The molecule has 0 atom stereocenters. The van der Waals surface area contributed by atoms with Crippen LogP contribution in [0.5, 0.6) is 11.5 Å². The van der Waals surface area contributed by atoms with Crippen LogP contribution in [0.4, 0.5) is 5.95 Å². The molecule has 124 valence electrons. The SMILES string of the molecule is COc1cccc(-c2cc3cnc(NC(C)C)nc3cc2OC)c1. The van der Waals surface area contributed by atoms with Crippen LogP contribution in [0.3, 0.4) is 0 Å². The van der Waals surface area contributed by atoms with E-state index in [0.717, 1.165) is 33.5 Å². The number of nitrogens with zero attached hydrogens (tertiary/aromatic N) is 2. The Morgan fingerprint density at radius 2 is 1.88 bits per heavy atom. The van der Waals surface area contributed by atoms with Crippen LogP contribution < -0.4 is 14.8 Å². The third-order valence-corrected chi connectivity index (χ3v) is 3.70. The lowest BCUT2D eigenvalue weighted by molar-refractivity contribution is 0.414. The first-order valence-electron chi connectivity index (χ1n) is 7.86. The highest BCUT2D eigenvalue weighted by Gasteiger charge is 2.11. The van der Waals surface area contributed by atoms with Gasteiger partial charge in [-0.2, -0.15) is 0 Å². The minimum atomic E-state index is 0.278. The van der Waals surface area contributed by atoms with E-state index in [4.69, 9.17) is 9.47 Å². The molecule has 0 amide bonds. The maximum atomic E-state index is 5.58. The second-order valence-electron chi connectivity index (χ2n) is 5.84. The fourth-order valence-electron chi connectivity index (χ4n) is 2.57. The van der Waals surface area contributed by atoms with E-state index < -0.39 is 0 Å².